The molecule has 18 heavy (non-hydrogen) atoms. The average molecular weight is 323 g/mol. The van der Waals surface area contributed by atoms with Gasteiger partial charge in [0.05, 0.1) is 13.5 Å². The molecule has 0 radical (unpaired) electrons. The van der Waals surface area contributed by atoms with Crippen molar-refractivity contribution in [3.63, 3.8) is 0 Å². The highest BCUT2D eigenvalue weighted by Gasteiger charge is 2.13. The number of carbonyl (C=O) groups excluding carboxylic acids is 1. The Balaban J connectivity index is 3.10. The van der Waals surface area contributed by atoms with Crippen LogP contribution in [0.2, 0.25) is 0 Å². The number of hydrogen-bond acceptors (Lipinski definition) is 3. The van der Waals surface area contributed by atoms with Crippen LogP contribution in [0.5, 0.6) is 5.75 Å². The van der Waals surface area contributed by atoms with E-state index in [-0.39, 0.29) is 12.2 Å². The van der Waals surface area contributed by atoms with Gasteiger partial charge in [-0.15, -0.1) is 0 Å². The second-order valence-corrected chi connectivity index (χ2v) is 4.19. The summed E-state index contributed by atoms with van der Waals surface area (Å²) in [7, 11) is 1.28. The normalized spacial score (nSPS) is 10.6. The predicted molar refractivity (Wildman–Crippen MR) is 66.2 cm³/mol. The topological polar surface area (TPSA) is 35.5 Å². The van der Waals surface area contributed by atoms with Crippen molar-refractivity contribution in [3.8, 4) is 5.75 Å². The molecule has 0 aliphatic carbocycles. The lowest BCUT2D eigenvalue weighted by Crippen LogP contribution is -2.09. The van der Waals surface area contributed by atoms with Crippen molar-refractivity contribution in [3.05, 3.63) is 28.8 Å². The number of alkyl halides is 3. The minimum atomic E-state index is -2.89. The second-order valence-electron chi connectivity index (χ2n) is 3.63. The summed E-state index contributed by atoms with van der Waals surface area (Å²) < 4.78 is 33.3. The van der Waals surface area contributed by atoms with Crippen molar-refractivity contribution in [2.75, 3.05) is 7.11 Å². The highest BCUT2D eigenvalue weighted by molar-refractivity contribution is 9.08. The molecule has 0 fully saturated rings. The van der Waals surface area contributed by atoms with E-state index in [0.29, 0.717) is 10.9 Å². The first-order valence-corrected chi connectivity index (χ1v) is 6.30. The number of hydrogen-bond donors (Lipinski definition) is 0. The van der Waals surface area contributed by atoms with E-state index in [1.54, 1.807) is 0 Å². The van der Waals surface area contributed by atoms with E-state index in [2.05, 4.69) is 25.4 Å². The van der Waals surface area contributed by atoms with E-state index in [1.165, 1.54) is 19.2 Å². The minimum Gasteiger partial charge on any atom is -0.469 e. The van der Waals surface area contributed by atoms with Crippen molar-refractivity contribution in [2.45, 2.75) is 25.3 Å². The third-order valence-corrected chi connectivity index (χ3v) is 3.13. The number of benzene rings is 1. The van der Waals surface area contributed by atoms with E-state index in [0.717, 1.165) is 11.1 Å². The summed E-state index contributed by atoms with van der Waals surface area (Å²) in [5.41, 5.74) is 2.28. The molecule has 100 valence electrons. The Morgan fingerprint density at radius 1 is 1.39 bits per heavy atom. The summed E-state index contributed by atoms with van der Waals surface area (Å²) in [6, 6.07) is 2.96. The first kappa shape index (κ1) is 14.9. The van der Waals surface area contributed by atoms with Gasteiger partial charge in [-0.25, -0.2) is 0 Å². The summed E-state index contributed by atoms with van der Waals surface area (Å²) in [5.74, 6) is -0.378. The van der Waals surface area contributed by atoms with Gasteiger partial charge in [0.1, 0.15) is 5.75 Å². The first-order chi connectivity index (χ1) is 8.47. The third kappa shape index (κ3) is 3.94. The molecule has 1 rings (SSSR count). The molecule has 6 heteroatoms. The van der Waals surface area contributed by atoms with Gasteiger partial charge in [-0.1, -0.05) is 15.9 Å². The van der Waals surface area contributed by atoms with Crippen molar-refractivity contribution < 1.29 is 23.0 Å². The molecule has 0 aromatic heterocycles. The molecule has 1 aromatic carbocycles. The Kier molecular flexibility index (Phi) is 5.53. The molecule has 0 heterocycles. The maximum Gasteiger partial charge on any atom is 0.387 e. The summed E-state index contributed by atoms with van der Waals surface area (Å²) in [4.78, 5) is 11.2. The van der Waals surface area contributed by atoms with Crippen molar-refractivity contribution in [1.29, 1.82) is 0 Å². The fourth-order valence-electron chi connectivity index (χ4n) is 1.53. The van der Waals surface area contributed by atoms with E-state index in [1.807, 2.05) is 6.92 Å². The van der Waals surface area contributed by atoms with Gasteiger partial charge in [0.15, 0.2) is 0 Å². The van der Waals surface area contributed by atoms with Crippen molar-refractivity contribution in [1.82, 2.24) is 0 Å². The first-order valence-electron chi connectivity index (χ1n) is 5.18. The van der Waals surface area contributed by atoms with Crippen LogP contribution in [-0.4, -0.2) is 19.7 Å². The fraction of sp³-hybridized carbons (Fsp3) is 0.417. The number of rotatable bonds is 5. The molecule has 0 bridgehead atoms. The molecular formula is C12H13BrF2O3. The van der Waals surface area contributed by atoms with Gasteiger partial charge >= 0.3 is 12.6 Å². The average Bonchev–Trinajstić information content (AvgIpc) is 2.32. The molecule has 0 spiro atoms. The third-order valence-electron chi connectivity index (χ3n) is 2.53. The lowest BCUT2D eigenvalue weighted by molar-refractivity contribution is -0.139. The quantitative estimate of drug-likeness (QED) is 0.617. The van der Waals surface area contributed by atoms with E-state index in [9.17, 15) is 13.6 Å². The molecule has 0 saturated carbocycles. The van der Waals surface area contributed by atoms with E-state index >= 15 is 0 Å². The van der Waals surface area contributed by atoms with Gasteiger partial charge in [-0.3, -0.25) is 4.79 Å². The maximum absolute atomic E-state index is 12.2. The SMILES string of the molecule is COC(=O)Cc1cc(OC(F)F)cc(CBr)c1C. The van der Waals surface area contributed by atoms with Gasteiger partial charge in [0.2, 0.25) is 0 Å². The van der Waals surface area contributed by atoms with Crippen LogP contribution in [0.4, 0.5) is 8.78 Å². The van der Waals surface area contributed by atoms with E-state index in [4.69, 9.17) is 0 Å². The molecule has 1 aromatic rings. The van der Waals surface area contributed by atoms with Gasteiger partial charge in [0, 0.05) is 5.33 Å². The van der Waals surface area contributed by atoms with E-state index < -0.39 is 12.6 Å². The summed E-state index contributed by atoms with van der Waals surface area (Å²) in [6.45, 7) is -1.07. The zero-order valence-electron chi connectivity index (χ0n) is 10.0. The monoisotopic (exact) mass is 322 g/mol. The van der Waals surface area contributed by atoms with Crippen LogP contribution < -0.4 is 4.74 Å². The predicted octanol–water partition coefficient (Wildman–Crippen LogP) is 3.21. The molecule has 0 atom stereocenters. The zero-order chi connectivity index (χ0) is 13.7. The Labute approximate surface area is 112 Å². The van der Waals surface area contributed by atoms with Crippen molar-refractivity contribution >= 4 is 21.9 Å². The fourth-order valence-corrected chi connectivity index (χ4v) is 2.11. The number of halogens is 3. The highest BCUT2D eigenvalue weighted by Crippen LogP contribution is 2.26. The number of carbonyl (C=O) groups is 1. The molecule has 0 amide bonds. The van der Waals surface area contributed by atoms with Gasteiger partial charge in [-0.05, 0) is 35.7 Å². The number of methoxy groups -OCH3 is 1. The van der Waals surface area contributed by atoms with Gasteiger partial charge < -0.3 is 9.47 Å². The summed E-state index contributed by atoms with van der Waals surface area (Å²) >= 11 is 3.27. The van der Waals surface area contributed by atoms with Crippen LogP contribution in [0.25, 0.3) is 0 Å². The highest BCUT2D eigenvalue weighted by atomic mass is 79.9. The standard InChI is InChI=1S/C12H13BrF2O3/c1-7-8(5-11(16)17-2)3-10(18-12(14)15)4-9(7)6-13/h3-4,12H,5-6H2,1-2H3. The molecule has 3 nitrogen and oxygen atoms in total. The summed E-state index contributed by atoms with van der Waals surface area (Å²) in [6.07, 6.45) is 0.0305. The Bertz CT molecular complexity index is 436. The molecular weight excluding hydrogens is 310 g/mol. The minimum absolute atomic E-state index is 0.0305. The van der Waals surface area contributed by atoms with Gasteiger partial charge in [-0.2, -0.15) is 8.78 Å². The molecule has 0 aliphatic rings. The molecule has 0 saturated heterocycles. The van der Waals surface area contributed by atoms with Crippen LogP contribution in [-0.2, 0) is 21.3 Å². The van der Waals surface area contributed by atoms with Crippen molar-refractivity contribution in [2.24, 2.45) is 0 Å². The second kappa shape index (κ2) is 6.68. The van der Waals surface area contributed by atoms with Gasteiger partial charge in [0.25, 0.3) is 0 Å². The van der Waals surface area contributed by atoms with Crippen LogP contribution in [0.3, 0.4) is 0 Å². The van der Waals surface area contributed by atoms with Crippen LogP contribution >= 0.6 is 15.9 Å². The Morgan fingerprint density at radius 2 is 2.00 bits per heavy atom. The zero-order valence-corrected chi connectivity index (χ0v) is 11.6. The molecule has 0 unspecified atom stereocenters. The van der Waals surface area contributed by atoms with Crippen LogP contribution in [0, 0.1) is 6.92 Å². The lowest BCUT2D eigenvalue weighted by Gasteiger charge is -2.13. The maximum atomic E-state index is 12.2. The smallest absolute Gasteiger partial charge is 0.387 e. The Hall–Kier alpha value is -1.17. The van der Waals surface area contributed by atoms with Crippen LogP contribution in [0.15, 0.2) is 12.1 Å². The number of esters is 1. The molecule has 0 N–H and O–H groups in total. The molecule has 0 aliphatic heterocycles. The Morgan fingerprint density at radius 3 is 2.50 bits per heavy atom. The lowest BCUT2D eigenvalue weighted by atomic mass is 10.0. The summed E-state index contributed by atoms with van der Waals surface area (Å²) in [5, 5.41) is 0.493. The van der Waals surface area contributed by atoms with Crippen LogP contribution in [0.1, 0.15) is 16.7 Å². The largest absolute Gasteiger partial charge is 0.469 e. The number of ether oxygens (including phenoxy) is 2.